The van der Waals surface area contributed by atoms with Gasteiger partial charge in [-0.1, -0.05) is 6.92 Å². The van der Waals surface area contributed by atoms with Crippen molar-refractivity contribution in [3.63, 3.8) is 0 Å². The highest BCUT2D eigenvalue weighted by Gasteiger charge is 2.25. The second kappa shape index (κ2) is 4.24. The van der Waals surface area contributed by atoms with E-state index in [2.05, 4.69) is 18.9 Å². The molecule has 1 aliphatic rings. The molecule has 1 atom stereocenters. The number of hydrogen-bond acceptors (Lipinski definition) is 2. The predicted octanol–water partition coefficient (Wildman–Crippen LogP) is 1.46. The predicted molar refractivity (Wildman–Crippen MR) is 53.1 cm³/mol. The third-order valence-corrected chi connectivity index (χ3v) is 3.17. The molecule has 1 unspecified atom stereocenters. The van der Waals surface area contributed by atoms with Crippen LogP contribution >= 0.6 is 0 Å². The van der Waals surface area contributed by atoms with E-state index in [1.165, 1.54) is 38.8 Å². The number of nitrogens with zero attached hydrogens (tertiary/aromatic N) is 1. The summed E-state index contributed by atoms with van der Waals surface area (Å²) in [4.78, 5) is 2.43. The number of likely N-dealkylation sites (tertiary alicyclic amines) is 1. The fourth-order valence-electron chi connectivity index (χ4n) is 2.07. The Morgan fingerprint density at radius 3 is 2.75 bits per heavy atom. The van der Waals surface area contributed by atoms with Crippen molar-refractivity contribution in [2.45, 2.75) is 32.6 Å². The van der Waals surface area contributed by atoms with Crippen molar-refractivity contribution in [2.24, 2.45) is 11.1 Å². The summed E-state index contributed by atoms with van der Waals surface area (Å²) in [5, 5.41) is 0. The maximum atomic E-state index is 5.62. The van der Waals surface area contributed by atoms with Gasteiger partial charge in [0.2, 0.25) is 0 Å². The van der Waals surface area contributed by atoms with Crippen LogP contribution in [-0.4, -0.2) is 31.6 Å². The van der Waals surface area contributed by atoms with E-state index in [4.69, 9.17) is 5.73 Å². The molecule has 2 heteroatoms. The maximum absolute atomic E-state index is 5.62. The Bertz CT molecular complexity index is 136. The summed E-state index contributed by atoms with van der Waals surface area (Å²) in [6.45, 7) is 5.75. The molecule has 1 fully saturated rings. The SMILES string of the molecule is CN1CCCC(C)(CCN)CC1. The number of hydrogen-bond donors (Lipinski definition) is 1. The lowest BCUT2D eigenvalue weighted by Gasteiger charge is -2.27. The van der Waals surface area contributed by atoms with Gasteiger partial charge in [0.25, 0.3) is 0 Å². The van der Waals surface area contributed by atoms with Crippen LogP contribution in [0.5, 0.6) is 0 Å². The van der Waals surface area contributed by atoms with E-state index in [1.807, 2.05) is 0 Å². The first-order valence-electron chi connectivity index (χ1n) is 5.05. The Hall–Kier alpha value is -0.0800. The van der Waals surface area contributed by atoms with Gasteiger partial charge < -0.3 is 10.6 Å². The molecule has 1 saturated heterocycles. The lowest BCUT2D eigenvalue weighted by Crippen LogP contribution is -2.23. The third-order valence-electron chi connectivity index (χ3n) is 3.17. The zero-order valence-corrected chi connectivity index (χ0v) is 8.47. The molecule has 2 N–H and O–H groups in total. The summed E-state index contributed by atoms with van der Waals surface area (Å²) in [6, 6.07) is 0. The summed E-state index contributed by atoms with van der Waals surface area (Å²) in [5.74, 6) is 0. The molecule has 0 bridgehead atoms. The zero-order valence-electron chi connectivity index (χ0n) is 8.47. The average molecular weight is 170 g/mol. The van der Waals surface area contributed by atoms with E-state index in [0.29, 0.717) is 5.41 Å². The molecule has 0 aromatic rings. The molecule has 0 aromatic heterocycles. The second-order valence-electron chi connectivity index (χ2n) is 4.51. The minimum Gasteiger partial charge on any atom is -0.330 e. The number of nitrogens with two attached hydrogens (primary N) is 1. The highest BCUT2D eigenvalue weighted by atomic mass is 15.1. The fourth-order valence-corrected chi connectivity index (χ4v) is 2.07. The Morgan fingerprint density at radius 2 is 2.08 bits per heavy atom. The molecule has 0 spiro atoms. The molecule has 0 aromatic carbocycles. The number of rotatable bonds is 2. The summed E-state index contributed by atoms with van der Waals surface area (Å²) in [7, 11) is 2.22. The van der Waals surface area contributed by atoms with E-state index in [1.54, 1.807) is 0 Å². The van der Waals surface area contributed by atoms with Gasteiger partial charge >= 0.3 is 0 Å². The van der Waals surface area contributed by atoms with Gasteiger partial charge in [0, 0.05) is 0 Å². The minimum absolute atomic E-state index is 0.527. The zero-order chi connectivity index (χ0) is 9.03. The second-order valence-corrected chi connectivity index (χ2v) is 4.51. The van der Waals surface area contributed by atoms with E-state index in [0.717, 1.165) is 6.54 Å². The van der Waals surface area contributed by atoms with Crippen molar-refractivity contribution >= 4 is 0 Å². The standard InChI is InChI=1S/C10H22N2/c1-10(5-7-11)4-3-8-12(2)9-6-10/h3-9,11H2,1-2H3. The lowest BCUT2D eigenvalue weighted by molar-refractivity contribution is 0.253. The third kappa shape index (κ3) is 2.76. The Labute approximate surface area is 76.1 Å². The normalized spacial score (nSPS) is 33.2. The van der Waals surface area contributed by atoms with Crippen molar-refractivity contribution < 1.29 is 0 Å². The van der Waals surface area contributed by atoms with Crippen molar-refractivity contribution in [3.05, 3.63) is 0 Å². The smallest absolute Gasteiger partial charge is 0.00166 e. The molecule has 1 heterocycles. The van der Waals surface area contributed by atoms with Crippen LogP contribution in [0.1, 0.15) is 32.6 Å². The quantitative estimate of drug-likeness (QED) is 0.680. The summed E-state index contributed by atoms with van der Waals surface area (Å²) in [5.41, 5.74) is 6.14. The molecule has 2 nitrogen and oxygen atoms in total. The van der Waals surface area contributed by atoms with Gasteiger partial charge in [-0.05, 0) is 57.8 Å². The maximum Gasteiger partial charge on any atom is -0.00166 e. The van der Waals surface area contributed by atoms with Crippen LogP contribution in [0.25, 0.3) is 0 Å². The van der Waals surface area contributed by atoms with Crippen molar-refractivity contribution in [1.82, 2.24) is 4.90 Å². The molecule has 0 radical (unpaired) electrons. The topological polar surface area (TPSA) is 29.3 Å². The van der Waals surface area contributed by atoms with Crippen LogP contribution in [0.3, 0.4) is 0 Å². The van der Waals surface area contributed by atoms with E-state index >= 15 is 0 Å². The van der Waals surface area contributed by atoms with Gasteiger partial charge in [-0.15, -0.1) is 0 Å². The van der Waals surface area contributed by atoms with Gasteiger partial charge in [0.05, 0.1) is 0 Å². The first-order valence-corrected chi connectivity index (χ1v) is 5.05. The molecule has 12 heavy (non-hydrogen) atoms. The molecule has 1 aliphatic heterocycles. The van der Waals surface area contributed by atoms with Crippen molar-refractivity contribution in [1.29, 1.82) is 0 Å². The highest BCUT2D eigenvalue weighted by molar-refractivity contribution is 4.79. The van der Waals surface area contributed by atoms with Crippen LogP contribution < -0.4 is 5.73 Å². The Morgan fingerprint density at radius 1 is 1.33 bits per heavy atom. The van der Waals surface area contributed by atoms with Gasteiger partial charge in [-0.25, -0.2) is 0 Å². The van der Waals surface area contributed by atoms with Crippen LogP contribution in [0.15, 0.2) is 0 Å². The molecule has 0 aliphatic carbocycles. The molecule has 72 valence electrons. The van der Waals surface area contributed by atoms with Gasteiger partial charge in [-0.3, -0.25) is 0 Å². The first kappa shape index (κ1) is 10.0. The van der Waals surface area contributed by atoms with Crippen molar-refractivity contribution in [2.75, 3.05) is 26.7 Å². The average Bonchev–Trinajstić information content (AvgIpc) is 2.15. The summed E-state index contributed by atoms with van der Waals surface area (Å²) in [6.07, 6.45) is 5.21. The van der Waals surface area contributed by atoms with Gasteiger partial charge in [0.15, 0.2) is 0 Å². The van der Waals surface area contributed by atoms with Crippen LogP contribution in [-0.2, 0) is 0 Å². The largest absolute Gasteiger partial charge is 0.330 e. The van der Waals surface area contributed by atoms with E-state index in [-0.39, 0.29) is 0 Å². The van der Waals surface area contributed by atoms with Gasteiger partial charge in [0.1, 0.15) is 0 Å². The fraction of sp³-hybridized carbons (Fsp3) is 1.00. The van der Waals surface area contributed by atoms with Gasteiger partial charge in [-0.2, -0.15) is 0 Å². The molecule has 1 rings (SSSR count). The van der Waals surface area contributed by atoms with Crippen LogP contribution in [0.4, 0.5) is 0 Å². The summed E-state index contributed by atoms with van der Waals surface area (Å²) < 4.78 is 0. The van der Waals surface area contributed by atoms with Crippen LogP contribution in [0.2, 0.25) is 0 Å². The summed E-state index contributed by atoms with van der Waals surface area (Å²) >= 11 is 0. The lowest BCUT2D eigenvalue weighted by atomic mass is 9.80. The molecule has 0 amide bonds. The highest BCUT2D eigenvalue weighted by Crippen LogP contribution is 2.33. The Kier molecular flexibility index (Phi) is 3.53. The van der Waals surface area contributed by atoms with Crippen molar-refractivity contribution in [3.8, 4) is 0 Å². The minimum atomic E-state index is 0.527. The first-order chi connectivity index (χ1) is 5.66. The molecular weight excluding hydrogens is 148 g/mol. The van der Waals surface area contributed by atoms with E-state index < -0.39 is 0 Å². The monoisotopic (exact) mass is 170 g/mol. The molecular formula is C10H22N2. The van der Waals surface area contributed by atoms with Crippen LogP contribution in [0, 0.1) is 5.41 Å². The molecule has 0 saturated carbocycles. The van der Waals surface area contributed by atoms with E-state index in [9.17, 15) is 0 Å². The Balaban J connectivity index is 2.43.